The smallest absolute Gasteiger partial charge is 0.253 e. The Balaban J connectivity index is 1.79. The van der Waals surface area contributed by atoms with Crippen molar-refractivity contribution in [2.75, 3.05) is 5.32 Å². The molecule has 1 amide bonds. The molecule has 26 heavy (non-hydrogen) atoms. The number of carbonyl (C=O) groups is 1. The molecule has 0 saturated carbocycles. The van der Waals surface area contributed by atoms with Gasteiger partial charge in [-0.15, -0.1) is 0 Å². The molecular weight excluding hydrogens is 328 g/mol. The summed E-state index contributed by atoms with van der Waals surface area (Å²) in [5.74, 6) is -0.102. The van der Waals surface area contributed by atoms with Crippen molar-refractivity contribution in [2.24, 2.45) is 7.05 Å². The lowest BCUT2D eigenvalue weighted by Gasteiger charge is -2.09. The van der Waals surface area contributed by atoms with Crippen LogP contribution in [0.2, 0.25) is 0 Å². The first-order chi connectivity index (χ1) is 12.3. The van der Waals surface area contributed by atoms with Crippen LogP contribution in [0.15, 0.2) is 23.0 Å². The van der Waals surface area contributed by atoms with Crippen LogP contribution < -0.4 is 10.9 Å². The number of nitrogens with zero attached hydrogens (tertiary/aromatic N) is 2. The normalized spacial score (nSPS) is 11.1. The molecule has 0 bridgehead atoms. The third kappa shape index (κ3) is 3.27. The summed E-state index contributed by atoms with van der Waals surface area (Å²) < 4.78 is 1.68. The van der Waals surface area contributed by atoms with E-state index in [1.54, 1.807) is 11.7 Å². The molecule has 0 atom stereocenters. The minimum atomic E-state index is -0.156. The second-order valence-electron chi connectivity index (χ2n) is 6.84. The summed E-state index contributed by atoms with van der Waals surface area (Å²) in [7, 11) is 1.81. The van der Waals surface area contributed by atoms with Crippen LogP contribution in [0, 0.1) is 27.7 Å². The second-order valence-corrected chi connectivity index (χ2v) is 6.84. The summed E-state index contributed by atoms with van der Waals surface area (Å²) in [4.78, 5) is 27.6. The summed E-state index contributed by atoms with van der Waals surface area (Å²) in [5.41, 5.74) is 6.07. The van der Waals surface area contributed by atoms with Crippen molar-refractivity contribution in [1.82, 2.24) is 14.8 Å². The van der Waals surface area contributed by atoms with E-state index in [-0.39, 0.29) is 17.9 Å². The zero-order valence-corrected chi connectivity index (χ0v) is 15.9. The monoisotopic (exact) mass is 352 g/mol. The largest absolute Gasteiger partial charge is 0.326 e. The molecule has 0 radical (unpaired) electrons. The number of H-pyrrole nitrogens is 1. The van der Waals surface area contributed by atoms with Gasteiger partial charge in [-0.3, -0.25) is 14.3 Å². The molecule has 0 aliphatic carbocycles. The third-order valence-electron chi connectivity index (χ3n) is 4.95. The Hall–Kier alpha value is -2.89. The lowest BCUT2D eigenvalue weighted by molar-refractivity contribution is -0.116. The maximum Gasteiger partial charge on any atom is 0.253 e. The van der Waals surface area contributed by atoms with E-state index in [9.17, 15) is 9.59 Å². The number of aromatic amines is 1. The number of aromatic nitrogens is 3. The van der Waals surface area contributed by atoms with E-state index in [2.05, 4.69) is 15.4 Å². The highest BCUT2D eigenvalue weighted by molar-refractivity contribution is 5.91. The quantitative estimate of drug-likeness (QED) is 0.757. The first-order valence-electron chi connectivity index (χ1n) is 8.70. The van der Waals surface area contributed by atoms with Crippen LogP contribution >= 0.6 is 0 Å². The van der Waals surface area contributed by atoms with Gasteiger partial charge in [0.25, 0.3) is 5.56 Å². The Morgan fingerprint density at radius 1 is 1.19 bits per heavy atom. The number of amides is 1. The van der Waals surface area contributed by atoms with Gasteiger partial charge in [-0.1, -0.05) is 6.07 Å². The standard InChI is InChI=1S/C20H24N4O2/c1-11-6-7-15(10-12(11)2)21-17(25)9-8-16-13(3)18-14(4)23-24(5)19(18)22-20(16)26/h6-7,10H,8-9H2,1-5H3,(H,21,25)(H,22,26). The van der Waals surface area contributed by atoms with Crippen molar-refractivity contribution in [2.45, 2.75) is 40.5 Å². The number of pyridine rings is 1. The Bertz CT molecular complexity index is 1060. The molecule has 2 aromatic heterocycles. The molecule has 0 aliphatic heterocycles. The number of rotatable bonds is 4. The fourth-order valence-corrected chi connectivity index (χ4v) is 3.34. The predicted molar refractivity (Wildman–Crippen MR) is 104 cm³/mol. The molecule has 6 nitrogen and oxygen atoms in total. The molecule has 2 heterocycles. The molecule has 0 spiro atoms. The van der Waals surface area contributed by atoms with Gasteiger partial charge in [0.05, 0.1) is 5.69 Å². The number of fused-ring (bicyclic) bond motifs is 1. The fourth-order valence-electron chi connectivity index (χ4n) is 3.34. The van der Waals surface area contributed by atoms with Crippen LogP contribution in [0.1, 0.15) is 34.4 Å². The Labute approximate surface area is 152 Å². The summed E-state index contributed by atoms with van der Waals surface area (Å²) >= 11 is 0. The molecule has 0 saturated heterocycles. The third-order valence-corrected chi connectivity index (χ3v) is 4.95. The van der Waals surface area contributed by atoms with Crippen molar-refractivity contribution in [1.29, 1.82) is 0 Å². The zero-order chi connectivity index (χ0) is 19.0. The van der Waals surface area contributed by atoms with Crippen LogP contribution in [0.5, 0.6) is 0 Å². The SMILES string of the molecule is Cc1ccc(NC(=O)CCc2c(C)c3c(C)nn(C)c3[nH]c2=O)cc1C. The van der Waals surface area contributed by atoms with Gasteiger partial charge >= 0.3 is 0 Å². The van der Waals surface area contributed by atoms with E-state index in [0.29, 0.717) is 17.6 Å². The number of benzene rings is 1. The van der Waals surface area contributed by atoms with Crippen molar-refractivity contribution in [3.05, 3.63) is 56.5 Å². The number of nitrogens with one attached hydrogen (secondary N) is 2. The maximum atomic E-state index is 12.4. The van der Waals surface area contributed by atoms with Gasteiger partial charge in [-0.2, -0.15) is 5.10 Å². The molecule has 6 heteroatoms. The first-order valence-corrected chi connectivity index (χ1v) is 8.70. The molecule has 2 N–H and O–H groups in total. The molecular formula is C20H24N4O2. The van der Waals surface area contributed by atoms with Crippen LogP contribution in [0.3, 0.4) is 0 Å². The lowest BCUT2D eigenvalue weighted by atomic mass is 10.0. The summed E-state index contributed by atoms with van der Waals surface area (Å²) in [5, 5.41) is 8.23. The predicted octanol–water partition coefficient (Wildman–Crippen LogP) is 3.07. The maximum absolute atomic E-state index is 12.4. The van der Waals surface area contributed by atoms with E-state index in [1.165, 1.54) is 5.56 Å². The molecule has 3 aromatic rings. The number of hydrogen-bond donors (Lipinski definition) is 2. The minimum absolute atomic E-state index is 0.102. The van der Waals surface area contributed by atoms with Crippen molar-refractivity contribution < 1.29 is 4.79 Å². The highest BCUT2D eigenvalue weighted by Crippen LogP contribution is 2.21. The van der Waals surface area contributed by atoms with Crippen molar-refractivity contribution >= 4 is 22.6 Å². The minimum Gasteiger partial charge on any atom is -0.326 e. The number of anilines is 1. The van der Waals surface area contributed by atoms with Crippen molar-refractivity contribution in [3.63, 3.8) is 0 Å². The van der Waals surface area contributed by atoms with Crippen LogP contribution in [0.25, 0.3) is 11.0 Å². The number of aryl methyl sites for hydroxylation is 5. The summed E-state index contributed by atoms with van der Waals surface area (Å²) in [6, 6.07) is 5.83. The summed E-state index contributed by atoms with van der Waals surface area (Å²) in [6.45, 7) is 7.89. The Morgan fingerprint density at radius 2 is 1.92 bits per heavy atom. The fraction of sp³-hybridized carbons (Fsp3) is 0.350. The van der Waals surface area contributed by atoms with E-state index in [4.69, 9.17) is 0 Å². The number of carbonyl (C=O) groups excluding carboxylic acids is 1. The van der Waals surface area contributed by atoms with Gasteiger partial charge in [0.1, 0.15) is 5.65 Å². The zero-order valence-electron chi connectivity index (χ0n) is 15.9. The molecule has 0 fully saturated rings. The molecule has 1 aromatic carbocycles. The summed E-state index contributed by atoms with van der Waals surface area (Å²) in [6.07, 6.45) is 0.643. The highest BCUT2D eigenvalue weighted by Gasteiger charge is 2.16. The van der Waals surface area contributed by atoms with Gasteiger partial charge in [0.15, 0.2) is 0 Å². The topological polar surface area (TPSA) is 79.8 Å². The van der Waals surface area contributed by atoms with Gasteiger partial charge in [0, 0.05) is 30.1 Å². The molecule has 136 valence electrons. The molecule has 0 unspecified atom stereocenters. The van der Waals surface area contributed by atoms with Crippen LogP contribution in [-0.2, 0) is 18.3 Å². The van der Waals surface area contributed by atoms with Crippen LogP contribution in [0.4, 0.5) is 5.69 Å². The second kappa shape index (κ2) is 6.78. The van der Waals surface area contributed by atoms with Gasteiger partial charge < -0.3 is 10.3 Å². The van der Waals surface area contributed by atoms with Gasteiger partial charge in [0.2, 0.25) is 5.91 Å². The van der Waals surface area contributed by atoms with E-state index in [0.717, 1.165) is 27.9 Å². The highest BCUT2D eigenvalue weighted by atomic mass is 16.1. The van der Waals surface area contributed by atoms with Gasteiger partial charge in [-0.25, -0.2) is 0 Å². The van der Waals surface area contributed by atoms with Crippen LogP contribution in [-0.4, -0.2) is 20.7 Å². The van der Waals surface area contributed by atoms with E-state index >= 15 is 0 Å². The molecule has 3 rings (SSSR count). The molecule has 0 aliphatic rings. The van der Waals surface area contributed by atoms with E-state index < -0.39 is 0 Å². The Morgan fingerprint density at radius 3 is 2.62 bits per heavy atom. The van der Waals surface area contributed by atoms with E-state index in [1.807, 2.05) is 45.9 Å². The number of hydrogen-bond acceptors (Lipinski definition) is 3. The average molecular weight is 352 g/mol. The first kappa shape index (κ1) is 17.9. The Kier molecular flexibility index (Phi) is 4.68. The lowest BCUT2D eigenvalue weighted by Crippen LogP contribution is -2.19. The van der Waals surface area contributed by atoms with Crippen molar-refractivity contribution in [3.8, 4) is 0 Å². The van der Waals surface area contributed by atoms with Gasteiger partial charge in [-0.05, 0) is 62.9 Å². The average Bonchev–Trinajstić information content (AvgIpc) is 2.85.